The molecule has 0 atom stereocenters. The molecule has 0 saturated carbocycles. The van der Waals surface area contributed by atoms with Gasteiger partial charge in [-0.2, -0.15) is 0 Å². The summed E-state index contributed by atoms with van der Waals surface area (Å²) in [5, 5.41) is 11.8. The Morgan fingerprint density at radius 2 is 2.12 bits per heavy atom. The maximum Gasteiger partial charge on any atom is 0.303 e. The predicted molar refractivity (Wildman–Crippen MR) is 63.8 cm³/mol. The summed E-state index contributed by atoms with van der Waals surface area (Å²) in [6.45, 7) is 0.727. The highest BCUT2D eigenvalue weighted by Crippen LogP contribution is 2.24. The number of fused-ring (bicyclic) bond motifs is 1. The van der Waals surface area contributed by atoms with E-state index < -0.39 is 5.97 Å². The van der Waals surface area contributed by atoms with Gasteiger partial charge in [0, 0.05) is 18.7 Å². The topological polar surface area (TPSA) is 49.3 Å². The van der Waals surface area contributed by atoms with Gasteiger partial charge in [-0.3, -0.25) is 4.79 Å². The van der Waals surface area contributed by atoms with Crippen molar-refractivity contribution in [2.45, 2.75) is 32.1 Å². The molecule has 86 valence electrons. The number of carbonyl (C=O) groups is 1. The van der Waals surface area contributed by atoms with Gasteiger partial charge in [-0.1, -0.05) is 6.07 Å². The second kappa shape index (κ2) is 5.01. The summed E-state index contributed by atoms with van der Waals surface area (Å²) in [7, 11) is 0. The second-order valence-electron chi connectivity index (χ2n) is 4.26. The molecule has 0 aromatic heterocycles. The molecule has 1 aliphatic rings. The smallest absolute Gasteiger partial charge is 0.303 e. The Morgan fingerprint density at radius 3 is 2.94 bits per heavy atom. The van der Waals surface area contributed by atoms with Gasteiger partial charge in [-0.05, 0) is 48.9 Å². The average molecular weight is 219 g/mol. The van der Waals surface area contributed by atoms with Crippen LogP contribution in [0.15, 0.2) is 18.2 Å². The molecule has 3 nitrogen and oxygen atoms in total. The van der Waals surface area contributed by atoms with E-state index in [0.29, 0.717) is 6.42 Å². The van der Waals surface area contributed by atoms with Crippen molar-refractivity contribution in [3.05, 3.63) is 29.3 Å². The molecule has 1 aromatic rings. The van der Waals surface area contributed by atoms with Gasteiger partial charge >= 0.3 is 5.97 Å². The van der Waals surface area contributed by atoms with Gasteiger partial charge in [0.2, 0.25) is 0 Å². The van der Waals surface area contributed by atoms with Crippen molar-refractivity contribution in [1.82, 2.24) is 0 Å². The van der Waals surface area contributed by atoms with Gasteiger partial charge in [0.05, 0.1) is 0 Å². The molecule has 3 heteroatoms. The van der Waals surface area contributed by atoms with Crippen LogP contribution < -0.4 is 5.32 Å². The lowest BCUT2D eigenvalue weighted by atomic mass is 10.1. The highest BCUT2D eigenvalue weighted by Gasteiger charge is 2.10. The number of hydrogen-bond acceptors (Lipinski definition) is 2. The number of nitrogens with one attached hydrogen (secondary N) is 1. The highest BCUT2D eigenvalue weighted by molar-refractivity contribution is 5.66. The van der Waals surface area contributed by atoms with Crippen LogP contribution in [0.5, 0.6) is 0 Å². The Kier molecular flexibility index (Phi) is 3.44. The van der Waals surface area contributed by atoms with Gasteiger partial charge < -0.3 is 10.4 Å². The summed E-state index contributed by atoms with van der Waals surface area (Å²) >= 11 is 0. The summed E-state index contributed by atoms with van der Waals surface area (Å²) < 4.78 is 0. The lowest BCUT2D eigenvalue weighted by Gasteiger charge is -2.07. The first-order valence-electron chi connectivity index (χ1n) is 5.83. The number of aliphatic carboxylic acids is 1. The Hall–Kier alpha value is -1.51. The normalized spacial score (nSPS) is 13.5. The predicted octanol–water partition coefficient (Wildman–Crippen LogP) is 2.45. The molecule has 0 saturated heterocycles. The van der Waals surface area contributed by atoms with Crippen molar-refractivity contribution in [1.29, 1.82) is 0 Å². The molecule has 1 aliphatic carbocycles. The van der Waals surface area contributed by atoms with Gasteiger partial charge in [0.25, 0.3) is 0 Å². The first-order valence-corrected chi connectivity index (χ1v) is 5.83. The first kappa shape index (κ1) is 11.0. The third kappa shape index (κ3) is 2.75. The molecule has 0 fully saturated rings. The highest BCUT2D eigenvalue weighted by atomic mass is 16.4. The van der Waals surface area contributed by atoms with Crippen LogP contribution in [0.4, 0.5) is 5.69 Å². The summed E-state index contributed by atoms with van der Waals surface area (Å²) in [4.78, 5) is 10.3. The molecule has 0 amide bonds. The van der Waals surface area contributed by atoms with E-state index in [1.54, 1.807) is 0 Å². The molecule has 0 bridgehead atoms. The molecular weight excluding hydrogens is 202 g/mol. The van der Waals surface area contributed by atoms with Gasteiger partial charge in [0.15, 0.2) is 0 Å². The van der Waals surface area contributed by atoms with Crippen molar-refractivity contribution in [2.24, 2.45) is 0 Å². The molecule has 16 heavy (non-hydrogen) atoms. The zero-order chi connectivity index (χ0) is 11.4. The van der Waals surface area contributed by atoms with Crippen LogP contribution in [-0.2, 0) is 17.6 Å². The Balaban J connectivity index is 1.83. The number of hydrogen-bond donors (Lipinski definition) is 2. The maximum absolute atomic E-state index is 10.3. The quantitative estimate of drug-likeness (QED) is 0.748. The second-order valence-corrected chi connectivity index (χ2v) is 4.26. The van der Waals surface area contributed by atoms with Gasteiger partial charge in [0.1, 0.15) is 0 Å². The number of carboxylic acids is 1. The monoisotopic (exact) mass is 219 g/mol. The Morgan fingerprint density at radius 1 is 1.31 bits per heavy atom. The van der Waals surface area contributed by atoms with E-state index in [0.717, 1.165) is 12.2 Å². The third-order valence-electron chi connectivity index (χ3n) is 3.00. The van der Waals surface area contributed by atoms with Crippen LogP contribution in [0.3, 0.4) is 0 Å². The van der Waals surface area contributed by atoms with Crippen LogP contribution in [0.2, 0.25) is 0 Å². The van der Waals surface area contributed by atoms with E-state index in [4.69, 9.17) is 5.11 Å². The zero-order valence-electron chi connectivity index (χ0n) is 9.33. The third-order valence-corrected chi connectivity index (χ3v) is 3.00. The zero-order valence-corrected chi connectivity index (χ0v) is 9.33. The number of aryl methyl sites for hydroxylation is 2. The van der Waals surface area contributed by atoms with Gasteiger partial charge in [-0.25, -0.2) is 0 Å². The van der Waals surface area contributed by atoms with E-state index in [1.165, 1.54) is 30.4 Å². The molecule has 1 aromatic carbocycles. The number of rotatable bonds is 5. The SMILES string of the molecule is O=C(O)CCCNc1ccc2c(c1)CCC2. The van der Waals surface area contributed by atoms with E-state index in [9.17, 15) is 4.79 Å². The van der Waals surface area contributed by atoms with Crippen molar-refractivity contribution >= 4 is 11.7 Å². The average Bonchev–Trinajstić information content (AvgIpc) is 2.71. The standard InChI is InChI=1S/C13H17NO2/c15-13(16)5-2-8-14-12-7-6-10-3-1-4-11(10)9-12/h6-7,9,14H,1-5,8H2,(H,15,16). The Bertz CT molecular complexity index is 388. The van der Waals surface area contributed by atoms with Crippen molar-refractivity contribution in [3.63, 3.8) is 0 Å². The van der Waals surface area contributed by atoms with Crippen molar-refractivity contribution in [2.75, 3.05) is 11.9 Å². The lowest BCUT2D eigenvalue weighted by Crippen LogP contribution is -2.05. The molecule has 0 aliphatic heterocycles. The molecule has 2 rings (SSSR count). The lowest BCUT2D eigenvalue weighted by molar-refractivity contribution is -0.137. The molecule has 0 heterocycles. The maximum atomic E-state index is 10.3. The molecular formula is C13H17NO2. The minimum Gasteiger partial charge on any atom is -0.481 e. The fourth-order valence-electron chi connectivity index (χ4n) is 2.15. The fourth-order valence-corrected chi connectivity index (χ4v) is 2.15. The summed E-state index contributed by atoms with van der Waals surface area (Å²) in [5.74, 6) is -0.726. The van der Waals surface area contributed by atoms with E-state index in [2.05, 4.69) is 23.5 Å². The molecule has 0 spiro atoms. The van der Waals surface area contributed by atoms with Crippen LogP contribution >= 0.6 is 0 Å². The van der Waals surface area contributed by atoms with Crippen LogP contribution in [0.25, 0.3) is 0 Å². The van der Waals surface area contributed by atoms with Crippen molar-refractivity contribution < 1.29 is 9.90 Å². The summed E-state index contributed by atoms with van der Waals surface area (Å²) in [5.41, 5.74) is 4.03. The van der Waals surface area contributed by atoms with Crippen LogP contribution in [0.1, 0.15) is 30.4 Å². The van der Waals surface area contributed by atoms with E-state index in [-0.39, 0.29) is 6.42 Å². The van der Waals surface area contributed by atoms with Crippen LogP contribution in [-0.4, -0.2) is 17.6 Å². The van der Waals surface area contributed by atoms with E-state index >= 15 is 0 Å². The minimum absolute atomic E-state index is 0.234. The minimum atomic E-state index is -0.726. The number of carboxylic acid groups (broad SMARTS) is 1. The molecule has 0 radical (unpaired) electrons. The van der Waals surface area contributed by atoms with Crippen molar-refractivity contribution in [3.8, 4) is 0 Å². The summed E-state index contributed by atoms with van der Waals surface area (Å²) in [6.07, 6.45) is 4.55. The number of benzene rings is 1. The molecule has 2 N–H and O–H groups in total. The summed E-state index contributed by atoms with van der Waals surface area (Å²) in [6, 6.07) is 6.47. The molecule has 0 unspecified atom stereocenters. The van der Waals surface area contributed by atoms with E-state index in [1.807, 2.05) is 0 Å². The first-order chi connectivity index (χ1) is 7.75. The Labute approximate surface area is 95.5 Å². The van der Waals surface area contributed by atoms with Crippen LogP contribution in [0, 0.1) is 0 Å². The number of anilines is 1. The fraction of sp³-hybridized carbons (Fsp3) is 0.462. The largest absolute Gasteiger partial charge is 0.481 e. The van der Waals surface area contributed by atoms with Gasteiger partial charge in [-0.15, -0.1) is 0 Å².